The number of hydrogen-bond donors (Lipinski definition) is 2. The van der Waals surface area contributed by atoms with Crippen molar-refractivity contribution in [2.24, 2.45) is 0 Å². The molecule has 7 heavy (non-hydrogen) atoms. The number of hydrogen-bond acceptors (Lipinski definition) is 5. The summed E-state index contributed by atoms with van der Waals surface area (Å²) in [5.41, 5.74) is 0. The molecule has 0 aromatic carbocycles. The zero-order valence-corrected chi connectivity index (χ0v) is 4.35. The molecule has 0 atom stereocenters. The Morgan fingerprint density at radius 2 is 1.29 bits per heavy atom. The third kappa shape index (κ3) is 4470. The van der Waals surface area contributed by atoms with Gasteiger partial charge in [0.2, 0.25) is 0 Å². The summed E-state index contributed by atoms with van der Waals surface area (Å²) in [4.78, 5) is 8.25. The van der Waals surface area contributed by atoms with Crippen LogP contribution in [0.3, 0.4) is 0 Å². The van der Waals surface area contributed by atoms with Gasteiger partial charge in [0.15, 0.2) is 0 Å². The minimum absolute atomic E-state index is 0. The molecular weight excluding hydrogens is 202 g/mol. The molecule has 0 rings (SSSR count). The van der Waals surface area contributed by atoms with E-state index in [0.717, 1.165) is 0 Å². The molecule has 6 nitrogen and oxygen atoms in total. The molecule has 0 fully saturated rings. The van der Waals surface area contributed by atoms with Crippen molar-refractivity contribution in [3.63, 3.8) is 0 Å². The summed E-state index contributed by atoms with van der Waals surface area (Å²) >= 11 is 0. The molecular formula is H2AgNO5. The van der Waals surface area contributed by atoms with E-state index in [1.165, 1.54) is 0 Å². The van der Waals surface area contributed by atoms with Gasteiger partial charge < -0.3 is 15.3 Å². The molecule has 0 aromatic rings. The molecule has 0 unspecified atom stereocenters. The Bertz CT molecular complexity index is 31.1. The molecule has 48 valence electrons. The molecule has 7 heteroatoms. The first-order chi connectivity index (χ1) is 2.73. The van der Waals surface area contributed by atoms with Crippen LogP contribution in [0.2, 0.25) is 0 Å². The first kappa shape index (κ1) is 15.8. The van der Waals surface area contributed by atoms with Crippen molar-refractivity contribution in [1.29, 1.82) is 0 Å². The van der Waals surface area contributed by atoms with Gasteiger partial charge in [-0.1, -0.05) is 0 Å². The standard InChI is InChI=1S/Ag.NO3.H2O2/c;2-1(3)4;1-2/h;;1-2H/q+1;-1;. The molecule has 0 aliphatic rings. The van der Waals surface area contributed by atoms with E-state index in [4.69, 9.17) is 25.8 Å². The maximum atomic E-state index is 8.25. The average Bonchev–Trinajstić information content (AvgIpc) is 1.41. The van der Waals surface area contributed by atoms with Crippen LogP contribution in [0.5, 0.6) is 0 Å². The second-order valence-electron chi connectivity index (χ2n) is 0.224. The summed E-state index contributed by atoms with van der Waals surface area (Å²) < 4.78 is 0. The molecule has 0 spiro atoms. The zero-order valence-electron chi connectivity index (χ0n) is 2.87. The minimum atomic E-state index is -1.75. The van der Waals surface area contributed by atoms with E-state index < -0.39 is 5.09 Å². The molecule has 0 aromatic heterocycles. The third-order valence-electron chi connectivity index (χ3n) is 0. The fourth-order valence-electron chi connectivity index (χ4n) is 0. The Morgan fingerprint density at radius 1 is 1.29 bits per heavy atom. The van der Waals surface area contributed by atoms with Crippen molar-refractivity contribution in [3.05, 3.63) is 15.3 Å². The number of rotatable bonds is 0. The van der Waals surface area contributed by atoms with Gasteiger partial charge >= 0.3 is 22.4 Å². The van der Waals surface area contributed by atoms with Crippen LogP contribution in [0.15, 0.2) is 0 Å². The summed E-state index contributed by atoms with van der Waals surface area (Å²) in [6, 6.07) is 0. The maximum Gasteiger partial charge on any atom is 1.00 e. The monoisotopic (exact) mass is 203 g/mol. The first-order valence-electron chi connectivity index (χ1n) is 0.748. The van der Waals surface area contributed by atoms with Gasteiger partial charge in [-0.3, -0.25) is 10.5 Å². The quantitative estimate of drug-likeness (QED) is 0.245. The second kappa shape index (κ2) is 16.9. The van der Waals surface area contributed by atoms with Gasteiger partial charge in [-0.05, 0) is 0 Å². The fraction of sp³-hybridized carbons (Fsp3) is 0. The van der Waals surface area contributed by atoms with Crippen molar-refractivity contribution >= 4 is 0 Å². The molecule has 0 amide bonds. The van der Waals surface area contributed by atoms with Crippen LogP contribution in [0, 0.1) is 15.3 Å². The van der Waals surface area contributed by atoms with Crippen LogP contribution in [0.4, 0.5) is 0 Å². The van der Waals surface area contributed by atoms with Crippen LogP contribution in [-0.2, 0) is 22.4 Å². The molecule has 0 aliphatic carbocycles. The number of nitrogens with zero attached hydrogens (tertiary/aromatic N) is 1. The van der Waals surface area contributed by atoms with Gasteiger partial charge in [-0.25, -0.2) is 0 Å². The summed E-state index contributed by atoms with van der Waals surface area (Å²) in [6.07, 6.45) is 0. The predicted molar refractivity (Wildman–Crippen MR) is 15.6 cm³/mol. The van der Waals surface area contributed by atoms with Crippen molar-refractivity contribution < 1.29 is 38.0 Å². The van der Waals surface area contributed by atoms with Gasteiger partial charge in [-0.2, -0.15) is 0 Å². The molecule has 0 radical (unpaired) electrons. The normalized spacial score (nSPS) is 4.29. The van der Waals surface area contributed by atoms with Crippen molar-refractivity contribution in [1.82, 2.24) is 0 Å². The van der Waals surface area contributed by atoms with E-state index in [1.54, 1.807) is 0 Å². The fourth-order valence-corrected chi connectivity index (χ4v) is 0. The molecule has 0 saturated carbocycles. The van der Waals surface area contributed by atoms with E-state index in [0.29, 0.717) is 0 Å². The Morgan fingerprint density at radius 3 is 1.29 bits per heavy atom. The van der Waals surface area contributed by atoms with Crippen molar-refractivity contribution in [2.45, 2.75) is 0 Å². The van der Waals surface area contributed by atoms with Crippen LogP contribution in [0.25, 0.3) is 0 Å². The third-order valence-corrected chi connectivity index (χ3v) is 0. The van der Waals surface area contributed by atoms with Crippen LogP contribution in [0.1, 0.15) is 0 Å². The molecule has 0 aliphatic heterocycles. The van der Waals surface area contributed by atoms with Crippen LogP contribution in [-0.4, -0.2) is 15.6 Å². The average molecular weight is 204 g/mol. The summed E-state index contributed by atoms with van der Waals surface area (Å²) in [6.45, 7) is 0. The molecule has 0 saturated heterocycles. The van der Waals surface area contributed by atoms with Crippen LogP contribution >= 0.6 is 0 Å². The largest absolute Gasteiger partial charge is 1.00 e. The SMILES string of the molecule is O=[N+]([O-])[O-].OO.[Ag+]. The van der Waals surface area contributed by atoms with E-state index in [-0.39, 0.29) is 22.4 Å². The maximum absolute atomic E-state index is 8.25. The topological polar surface area (TPSA) is 107 Å². The van der Waals surface area contributed by atoms with Gasteiger partial charge in [0.1, 0.15) is 0 Å². The Hall–Kier alpha value is -0.140. The van der Waals surface area contributed by atoms with Crippen LogP contribution < -0.4 is 0 Å². The smallest absolute Gasteiger partial charge is 0.356 e. The minimum Gasteiger partial charge on any atom is -0.356 e. The predicted octanol–water partition coefficient (Wildman–Crippen LogP) is -0.224. The van der Waals surface area contributed by atoms with E-state index in [1.807, 2.05) is 0 Å². The van der Waals surface area contributed by atoms with Gasteiger partial charge in [0.25, 0.3) is 0 Å². The second-order valence-corrected chi connectivity index (χ2v) is 0.224. The Balaban J connectivity index is -0.0000000480. The van der Waals surface area contributed by atoms with Gasteiger partial charge in [0, 0.05) is 0 Å². The van der Waals surface area contributed by atoms with Crippen molar-refractivity contribution in [2.75, 3.05) is 0 Å². The zero-order chi connectivity index (χ0) is 5.58. The summed E-state index contributed by atoms with van der Waals surface area (Å²) in [5, 5.41) is 26.8. The molecule has 2 N–H and O–H groups in total. The van der Waals surface area contributed by atoms with Crippen molar-refractivity contribution in [3.8, 4) is 0 Å². The Kier molecular flexibility index (Phi) is 38.2. The molecule has 0 heterocycles. The Labute approximate surface area is 53.9 Å². The van der Waals surface area contributed by atoms with E-state index in [9.17, 15) is 0 Å². The van der Waals surface area contributed by atoms with Gasteiger partial charge in [0.05, 0.1) is 5.09 Å². The van der Waals surface area contributed by atoms with E-state index in [2.05, 4.69) is 0 Å². The van der Waals surface area contributed by atoms with Gasteiger partial charge in [-0.15, -0.1) is 0 Å². The first-order valence-corrected chi connectivity index (χ1v) is 0.748. The van der Waals surface area contributed by atoms with E-state index >= 15 is 0 Å². The molecule has 0 bridgehead atoms. The summed E-state index contributed by atoms with van der Waals surface area (Å²) in [7, 11) is 0. The summed E-state index contributed by atoms with van der Waals surface area (Å²) in [5.74, 6) is 0.